The van der Waals surface area contributed by atoms with E-state index in [1.807, 2.05) is 0 Å². The van der Waals surface area contributed by atoms with Gasteiger partial charge in [0.1, 0.15) is 11.6 Å². The lowest BCUT2D eigenvalue weighted by atomic mass is 10.2. The summed E-state index contributed by atoms with van der Waals surface area (Å²) in [6, 6.07) is 8.39. The molecule has 1 amide bonds. The van der Waals surface area contributed by atoms with Gasteiger partial charge in [-0.1, -0.05) is 29.3 Å². The van der Waals surface area contributed by atoms with Crippen molar-refractivity contribution in [1.29, 1.82) is 0 Å². The zero-order valence-electron chi connectivity index (χ0n) is 13.3. The third-order valence-electron chi connectivity index (χ3n) is 3.26. The molecule has 0 aliphatic carbocycles. The van der Waals surface area contributed by atoms with Crippen molar-refractivity contribution in [3.63, 3.8) is 0 Å². The van der Waals surface area contributed by atoms with Crippen molar-refractivity contribution in [2.45, 2.75) is 13.0 Å². The summed E-state index contributed by atoms with van der Waals surface area (Å²) in [6.45, 7) is 1.35. The van der Waals surface area contributed by atoms with E-state index in [0.29, 0.717) is 0 Å². The topological polar surface area (TPSA) is 64.6 Å². The average molecular weight is 386 g/mol. The number of amides is 1. The molecular formula is C17H14Cl2FNO4. The number of methoxy groups -OCH3 is 1. The maximum Gasteiger partial charge on any atom is 0.341 e. The van der Waals surface area contributed by atoms with Gasteiger partial charge in [-0.25, -0.2) is 9.18 Å². The van der Waals surface area contributed by atoms with E-state index in [9.17, 15) is 14.0 Å². The van der Waals surface area contributed by atoms with Crippen LogP contribution in [0.1, 0.15) is 17.3 Å². The van der Waals surface area contributed by atoms with Gasteiger partial charge in [0, 0.05) is 6.07 Å². The molecule has 0 aliphatic rings. The molecule has 0 aromatic heterocycles. The fourth-order valence-corrected chi connectivity index (χ4v) is 2.40. The summed E-state index contributed by atoms with van der Waals surface area (Å²) in [4.78, 5) is 24.2. The molecule has 2 aromatic rings. The zero-order chi connectivity index (χ0) is 18.6. The molecule has 0 unspecified atom stereocenters. The molecule has 0 fully saturated rings. The van der Waals surface area contributed by atoms with Crippen molar-refractivity contribution >= 4 is 40.8 Å². The average Bonchev–Trinajstić information content (AvgIpc) is 2.57. The van der Waals surface area contributed by atoms with Gasteiger partial charge in [-0.3, -0.25) is 4.79 Å². The highest BCUT2D eigenvalue weighted by Gasteiger charge is 2.22. The van der Waals surface area contributed by atoms with E-state index in [0.717, 1.165) is 6.07 Å². The number of nitrogens with one attached hydrogen (secondary N) is 1. The summed E-state index contributed by atoms with van der Waals surface area (Å²) < 4.78 is 23.7. The lowest BCUT2D eigenvalue weighted by molar-refractivity contribution is -0.123. The number of hydrogen-bond acceptors (Lipinski definition) is 4. The number of carbonyl (C=O) groups is 2. The van der Waals surface area contributed by atoms with Gasteiger partial charge in [0.05, 0.1) is 28.4 Å². The fraction of sp³-hybridized carbons (Fsp3) is 0.176. The van der Waals surface area contributed by atoms with E-state index < -0.39 is 23.8 Å². The minimum absolute atomic E-state index is 0.203. The molecule has 0 aliphatic heterocycles. The van der Waals surface area contributed by atoms with Crippen molar-refractivity contribution < 1.29 is 23.5 Å². The Morgan fingerprint density at radius 1 is 1.16 bits per heavy atom. The van der Waals surface area contributed by atoms with Crippen LogP contribution in [-0.2, 0) is 9.53 Å². The van der Waals surface area contributed by atoms with Gasteiger partial charge >= 0.3 is 5.97 Å². The van der Waals surface area contributed by atoms with Crippen LogP contribution in [0, 0.1) is 5.82 Å². The Hall–Kier alpha value is -2.31. The summed E-state index contributed by atoms with van der Waals surface area (Å²) in [5.41, 5.74) is -0.106. The van der Waals surface area contributed by atoms with E-state index in [-0.39, 0.29) is 27.0 Å². The van der Waals surface area contributed by atoms with E-state index in [2.05, 4.69) is 5.32 Å². The molecule has 0 radical (unpaired) electrons. The molecule has 132 valence electrons. The van der Waals surface area contributed by atoms with Gasteiger partial charge in [-0.05, 0) is 31.2 Å². The first-order valence-corrected chi connectivity index (χ1v) is 7.88. The van der Waals surface area contributed by atoms with E-state index in [4.69, 9.17) is 32.7 Å². The molecule has 1 atom stereocenters. The van der Waals surface area contributed by atoms with Crippen molar-refractivity contribution in [2.75, 3.05) is 12.4 Å². The molecule has 5 nitrogen and oxygen atoms in total. The predicted molar refractivity (Wildman–Crippen MR) is 92.9 cm³/mol. The standard InChI is InChI=1S/C17H14Cl2FNO4/c1-9(16(22)21-15-12(18)4-3-5-13(15)19)25-17(23)11-7-6-10(24-2)8-14(11)20/h3-9H,1-2H3,(H,21,22)/t9-/m0/s1. The number of para-hydroxylation sites is 1. The Morgan fingerprint density at radius 2 is 1.80 bits per heavy atom. The Bertz CT molecular complexity index is 793. The van der Waals surface area contributed by atoms with Gasteiger partial charge in [-0.2, -0.15) is 0 Å². The lowest BCUT2D eigenvalue weighted by Crippen LogP contribution is -2.30. The SMILES string of the molecule is COc1ccc(C(=O)O[C@@H](C)C(=O)Nc2c(Cl)cccc2Cl)c(F)c1. The number of ether oxygens (including phenoxy) is 2. The molecule has 0 saturated carbocycles. The Kier molecular flexibility index (Phi) is 6.22. The van der Waals surface area contributed by atoms with Crippen molar-refractivity contribution in [3.8, 4) is 5.75 Å². The maximum absolute atomic E-state index is 13.9. The molecule has 0 bridgehead atoms. The largest absolute Gasteiger partial charge is 0.497 e. The minimum atomic E-state index is -1.19. The Labute approximate surface area is 153 Å². The number of benzene rings is 2. The van der Waals surface area contributed by atoms with Crippen molar-refractivity contribution in [2.24, 2.45) is 0 Å². The second kappa shape index (κ2) is 8.18. The van der Waals surface area contributed by atoms with Crippen LogP contribution in [-0.4, -0.2) is 25.1 Å². The first-order valence-electron chi connectivity index (χ1n) is 7.13. The monoisotopic (exact) mass is 385 g/mol. The van der Waals surface area contributed by atoms with Crippen molar-refractivity contribution in [1.82, 2.24) is 0 Å². The van der Waals surface area contributed by atoms with Crippen LogP contribution in [0.5, 0.6) is 5.75 Å². The molecule has 0 spiro atoms. The number of rotatable bonds is 5. The van der Waals surface area contributed by atoms with E-state index in [1.165, 1.54) is 26.2 Å². The predicted octanol–water partition coefficient (Wildman–Crippen LogP) is 4.33. The molecule has 25 heavy (non-hydrogen) atoms. The van der Waals surface area contributed by atoms with Gasteiger partial charge in [-0.15, -0.1) is 0 Å². The molecule has 0 heterocycles. The third kappa shape index (κ3) is 4.61. The first-order chi connectivity index (χ1) is 11.8. The quantitative estimate of drug-likeness (QED) is 0.778. The molecular weight excluding hydrogens is 372 g/mol. The molecule has 2 aromatic carbocycles. The van der Waals surface area contributed by atoms with Gasteiger partial charge < -0.3 is 14.8 Å². The van der Waals surface area contributed by atoms with Crippen LogP contribution in [0.25, 0.3) is 0 Å². The number of halogens is 3. The van der Waals surface area contributed by atoms with Gasteiger partial charge in [0.15, 0.2) is 6.10 Å². The summed E-state index contributed by atoms with van der Waals surface area (Å²) in [6.07, 6.45) is -1.19. The normalized spacial score (nSPS) is 11.6. The van der Waals surface area contributed by atoms with Crippen LogP contribution < -0.4 is 10.1 Å². The van der Waals surface area contributed by atoms with Crippen molar-refractivity contribution in [3.05, 3.63) is 57.8 Å². The highest BCUT2D eigenvalue weighted by Crippen LogP contribution is 2.30. The smallest absolute Gasteiger partial charge is 0.341 e. The highest BCUT2D eigenvalue weighted by atomic mass is 35.5. The fourth-order valence-electron chi connectivity index (χ4n) is 1.91. The van der Waals surface area contributed by atoms with Crippen LogP contribution >= 0.6 is 23.2 Å². The molecule has 0 saturated heterocycles. The first kappa shape index (κ1) is 19.0. The minimum Gasteiger partial charge on any atom is -0.497 e. The van der Waals surface area contributed by atoms with Crippen LogP contribution in [0.2, 0.25) is 10.0 Å². The van der Waals surface area contributed by atoms with Crippen LogP contribution in [0.3, 0.4) is 0 Å². The second-order valence-corrected chi connectivity index (χ2v) is 5.79. The summed E-state index contributed by atoms with van der Waals surface area (Å²) in [7, 11) is 1.37. The molecule has 8 heteroatoms. The third-order valence-corrected chi connectivity index (χ3v) is 3.89. The number of hydrogen-bond donors (Lipinski definition) is 1. The molecule has 1 N–H and O–H groups in total. The number of carbonyl (C=O) groups excluding carboxylic acids is 2. The summed E-state index contributed by atoms with van der Waals surface area (Å²) in [5, 5.41) is 2.95. The van der Waals surface area contributed by atoms with Gasteiger partial charge in [0.25, 0.3) is 5.91 Å². The summed E-state index contributed by atoms with van der Waals surface area (Å²) in [5.74, 6) is -2.19. The lowest BCUT2D eigenvalue weighted by Gasteiger charge is -2.15. The zero-order valence-corrected chi connectivity index (χ0v) is 14.8. The van der Waals surface area contributed by atoms with Crippen LogP contribution in [0.15, 0.2) is 36.4 Å². The van der Waals surface area contributed by atoms with Crippen LogP contribution in [0.4, 0.5) is 10.1 Å². The van der Waals surface area contributed by atoms with Gasteiger partial charge in [0.2, 0.25) is 0 Å². The number of esters is 1. The van der Waals surface area contributed by atoms with E-state index >= 15 is 0 Å². The highest BCUT2D eigenvalue weighted by molar-refractivity contribution is 6.39. The molecule has 2 rings (SSSR count). The summed E-state index contributed by atoms with van der Waals surface area (Å²) >= 11 is 11.9. The Balaban J connectivity index is 2.07. The number of anilines is 1. The van der Waals surface area contributed by atoms with E-state index in [1.54, 1.807) is 18.2 Å². The second-order valence-electron chi connectivity index (χ2n) is 4.98. The maximum atomic E-state index is 13.9. The Morgan fingerprint density at radius 3 is 2.36 bits per heavy atom.